The molecule has 0 N–H and O–H groups in total. The molecular formula is C15H11FS. The molecule has 0 aliphatic rings. The fourth-order valence-electron chi connectivity index (χ4n) is 1.42. The van der Waals surface area contributed by atoms with Gasteiger partial charge in [0.15, 0.2) is 0 Å². The lowest BCUT2D eigenvalue weighted by Gasteiger charge is -2.02. The Balaban J connectivity index is 2.20. The van der Waals surface area contributed by atoms with Crippen LogP contribution in [0.3, 0.4) is 0 Å². The van der Waals surface area contributed by atoms with E-state index in [0.717, 1.165) is 15.4 Å². The number of halogens is 1. The van der Waals surface area contributed by atoms with Crippen LogP contribution in [0.15, 0.2) is 58.3 Å². The highest BCUT2D eigenvalue weighted by atomic mass is 32.2. The number of rotatable bonds is 2. The maximum Gasteiger partial charge on any atom is 0.123 e. The lowest BCUT2D eigenvalue weighted by Crippen LogP contribution is -1.78. The smallest absolute Gasteiger partial charge is 0.123 e. The number of hydrogen-bond acceptors (Lipinski definition) is 1. The fourth-order valence-corrected chi connectivity index (χ4v) is 2.30. The van der Waals surface area contributed by atoms with E-state index < -0.39 is 0 Å². The molecule has 0 radical (unpaired) electrons. The number of hydrogen-bond donors (Lipinski definition) is 0. The second kappa shape index (κ2) is 5.56. The van der Waals surface area contributed by atoms with Crippen molar-refractivity contribution in [3.8, 4) is 11.8 Å². The second-order valence-corrected chi connectivity index (χ2v) is 4.61. The van der Waals surface area contributed by atoms with Crippen molar-refractivity contribution in [2.24, 2.45) is 0 Å². The molecule has 0 fully saturated rings. The van der Waals surface area contributed by atoms with E-state index in [1.165, 1.54) is 12.1 Å². The van der Waals surface area contributed by atoms with Crippen LogP contribution in [0.4, 0.5) is 4.39 Å². The minimum absolute atomic E-state index is 0.208. The maximum atomic E-state index is 12.8. The molecule has 2 heteroatoms. The Bertz CT molecular complexity index is 561. The van der Waals surface area contributed by atoms with Crippen LogP contribution in [0, 0.1) is 17.7 Å². The summed E-state index contributed by atoms with van der Waals surface area (Å²) in [6.45, 7) is 1.82. The third-order valence-electron chi connectivity index (χ3n) is 2.15. The van der Waals surface area contributed by atoms with Crippen molar-refractivity contribution in [1.82, 2.24) is 0 Å². The zero-order valence-electron chi connectivity index (χ0n) is 9.41. The molecule has 0 atom stereocenters. The standard InChI is InChI=1S/C15H11FS/c1-2-4-12-5-3-6-15(11-12)17-14-9-7-13(16)8-10-14/h3,5-11H,1H3. The number of benzene rings is 2. The van der Waals surface area contributed by atoms with Crippen LogP contribution < -0.4 is 0 Å². The Kier molecular flexibility index (Phi) is 3.85. The maximum absolute atomic E-state index is 12.8. The third-order valence-corrected chi connectivity index (χ3v) is 3.15. The SMILES string of the molecule is CC#Cc1cccc(Sc2ccc(F)cc2)c1. The summed E-state index contributed by atoms with van der Waals surface area (Å²) in [6.07, 6.45) is 0. The molecule has 0 aliphatic heterocycles. The summed E-state index contributed by atoms with van der Waals surface area (Å²) in [5.41, 5.74) is 1.000. The van der Waals surface area contributed by atoms with Gasteiger partial charge in [-0.3, -0.25) is 0 Å². The van der Waals surface area contributed by atoms with Crippen LogP contribution in [-0.4, -0.2) is 0 Å². The van der Waals surface area contributed by atoms with E-state index in [4.69, 9.17) is 0 Å². The first-order valence-electron chi connectivity index (χ1n) is 5.24. The lowest BCUT2D eigenvalue weighted by molar-refractivity contribution is 0.626. The van der Waals surface area contributed by atoms with Gasteiger partial charge in [-0.15, -0.1) is 5.92 Å². The van der Waals surface area contributed by atoms with Crippen molar-refractivity contribution in [2.75, 3.05) is 0 Å². The monoisotopic (exact) mass is 242 g/mol. The van der Waals surface area contributed by atoms with Gasteiger partial charge in [-0.25, -0.2) is 4.39 Å². The normalized spacial score (nSPS) is 9.53. The van der Waals surface area contributed by atoms with Crippen molar-refractivity contribution in [2.45, 2.75) is 16.7 Å². The van der Waals surface area contributed by atoms with E-state index in [2.05, 4.69) is 11.8 Å². The topological polar surface area (TPSA) is 0 Å². The Morgan fingerprint density at radius 1 is 1.00 bits per heavy atom. The molecule has 0 spiro atoms. The van der Waals surface area contributed by atoms with Gasteiger partial charge >= 0.3 is 0 Å². The largest absolute Gasteiger partial charge is 0.207 e. The van der Waals surface area contributed by atoms with Gasteiger partial charge in [-0.05, 0) is 49.4 Å². The van der Waals surface area contributed by atoms with Gasteiger partial charge in [0.2, 0.25) is 0 Å². The molecule has 17 heavy (non-hydrogen) atoms. The third kappa shape index (κ3) is 3.37. The summed E-state index contributed by atoms with van der Waals surface area (Å²) < 4.78 is 12.8. The summed E-state index contributed by atoms with van der Waals surface area (Å²) >= 11 is 1.60. The Hall–Kier alpha value is -1.72. The van der Waals surface area contributed by atoms with E-state index in [0.29, 0.717) is 0 Å². The first kappa shape index (κ1) is 11.8. The Labute approximate surface area is 105 Å². The summed E-state index contributed by atoms with van der Waals surface area (Å²) in [4.78, 5) is 2.13. The average Bonchev–Trinajstić information content (AvgIpc) is 2.33. The highest BCUT2D eigenvalue weighted by molar-refractivity contribution is 7.99. The summed E-state index contributed by atoms with van der Waals surface area (Å²) in [6, 6.07) is 14.5. The van der Waals surface area contributed by atoms with E-state index in [1.54, 1.807) is 23.9 Å². The molecule has 0 saturated carbocycles. The van der Waals surface area contributed by atoms with Gasteiger partial charge in [0.05, 0.1) is 0 Å². The predicted octanol–water partition coefficient (Wildman–Crippen LogP) is 4.35. The Morgan fingerprint density at radius 2 is 1.76 bits per heavy atom. The van der Waals surface area contributed by atoms with Crippen molar-refractivity contribution in [1.29, 1.82) is 0 Å². The van der Waals surface area contributed by atoms with Crippen LogP contribution in [0.2, 0.25) is 0 Å². The minimum atomic E-state index is -0.208. The molecule has 0 unspecified atom stereocenters. The van der Waals surface area contributed by atoms with Crippen molar-refractivity contribution in [3.63, 3.8) is 0 Å². The van der Waals surface area contributed by atoms with E-state index in [9.17, 15) is 4.39 Å². The van der Waals surface area contributed by atoms with Gasteiger partial charge in [-0.1, -0.05) is 23.7 Å². The first-order chi connectivity index (χ1) is 8.28. The van der Waals surface area contributed by atoms with Gasteiger partial charge in [0, 0.05) is 15.4 Å². The van der Waals surface area contributed by atoms with Crippen molar-refractivity contribution >= 4 is 11.8 Å². The van der Waals surface area contributed by atoms with Crippen LogP contribution >= 0.6 is 11.8 Å². The zero-order chi connectivity index (χ0) is 12.1. The van der Waals surface area contributed by atoms with Gasteiger partial charge in [-0.2, -0.15) is 0 Å². The lowest BCUT2D eigenvalue weighted by atomic mass is 10.2. The van der Waals surface area contributed by atoms with E-state index in [1.807, 2.05) is 31.2 Å². The second-order valence-electron chi connectivity index (χ2n) is 3.46. The summed E-state index contributed by atoms with van der Waals surface area (Å²) in [7, 11) is 0. The molecule has 0 amide bonds. The average molecular weight is 242 g/mol. The molecule has 2 aromatic carbocycles. The van der Waals surface area contributed by atoms with Crippen LogP contribution in [0.1, 0.15) is 12.5 Å². The molecule has 0 heterocycles. The quantitative estimate of drug-likeness (QED) is 0.705. The highest BCUT2D eigenvalue weighted by Crippen LogP contribution is 2.27. The van der Waals surface area contributed by atoms with Crippen molar-refractivity contribution < 1.29 is 4.39 Å². The van der Waals surface area contributed by atoms with Gasteiger partial charge in [0.1, 0.15) is 5.82 Å². The Morgan fingerprint density at radius 3 is 2.47 bits per heavy atom. The van der Waals surface area contributed by atoms with Crippen LogP contribution in [0.25, 0.3) is 0 Å². The summed E-state index contributed by atoms with van der Waals surface area (Å²) in [5, 5.41) is 0. The molecule has 84 valence electrons. The predicted molar refractivity (Wildman–Crippen MR) is 69.5 cm³/mol. The van der Waals surface area contributed by atoms with E-state index in [-0.39, 0.29) is 5.82 Å². The van der Waals surface area contributed by atoms with Crippen LogP contribution in [-0.2, 0) is 0 Å². The minimum Gasteiger partial charge on any atom is -0.207 e. The molecule has 0 bridgehead atoms. The van der Waals surface area contributed by atoms with E-state index >= 15 is 0 Å². The molecular weight excluding hydrogens is 231 g/mol. The first-order valence-corrected chi connectivity index (χ1v) is 6.06. The van der Waals surface area contributed by atoms with Crippen LogP contribution in [0.5, 0.6) is 0 Å². The summed E-state index contributed by atoms with van der Waals surface area (Å²) in [5.74, 6) is 5.68. The van der Waals surface area contributed by atoms with Gasteiger partial charge < -0.3 is 0 Å². The zero-order valence-corrected chi connectivity index (χ0v) is 10.2. The molecule has 2 rings (SSSR count). The molecule has 0 saturated heterocycles. The molecule has 0 aromatic heterocycles. The van der Waals surface area contributed by atoms with Crippen molar-refractivity contribution in [3.05, 3.63) is 59.9 Å². The molecule has 0 aliphatic carbocycles. The van der Waals surface area contributed by atoms with Gasteiger partial charge in [0.25, 0.3) is 0 Å². The molecule has 2 aromatic rings. The fraction of sp³-hybridized carbons (Fsp3) is 0.0667. The molecule has 0 nitrogen and oxygen atoms in total. The highest BCUT2D eigenvalue weighted by Gasteiger charge is 1.98.